The van der Waals surface area contributed by atoms with E-state index in [9.17, 15) is 24.0 Å². The summed E-state index contributed by atoms with van der Waals surface area (Å²) in [5.41, 5.74) is -0.480. The lowest BCUT2D eigenvalue weighted by molar-refractivity contribution is -0.343. The van der Waals surface area contributed by atoms with Gasteiger partial charge in [0, 0.05) is 45.4 Å². The molecule has 11 nitrogen and oxygen atoms in total. The lowest BCUT2D eigenvalue weighted by Crippen LogP contribution is -2.72. The highest BCUT2D eigenvalue weighted by atomic mass is 16.7. The van der Waals surface area contributed by atoms with Crippen LogP contribution in [-0.4, -0.2) is 73.1 Å². The van der Waals surface area contributed by atoms with Crippen LogP contribution in [0.4, 0.5) is 0 Å². The minimum atomic E-state index is -1.27. The van der Waals surface area contributed by atoms with Crippen LogP contribution in [0.5, 0.6) is 0 Å². The Morgan fingerprint density at radius 3 is 2.08 bits per heavy atom. The van der Waals surface area contributed by atoms with Crippen molar-refractivity contribution in [2.75, 3.05) is 6.61 Å². The Bertz CT molecular complexity index is 1120. The summed E-state index contributed by atoms with van der Waals surface area (Å²) in [5.74, 6) is -1.88. The van der Waals surface area contributed by atoms with E-state index in [0.29, 0.717) is 18.1 Å². The normalized spacial score (nSPS) is 46.6. The molecule has 1 heterocycles. The van der Waals surface area contributed by atoms with Gasteiger partial charge in [-0.05, 0) is 41.9 Å². The smallest absolute Gasteiger partial charge is 0.303 e. The van der Waals surface area contributed by atoms with Crippen LogP contribution in [-0.2, 0) is 52.4 Å². The van der Waals surface area contributed by atoms with Crippen molar-refractivity contribution < 1.29 is 52.4 Å². The Labute approximate surface area is 233 Å². The molecule has 5 fully saturated rings. The number of hydrogen-bond acceptors (Lipinski definition) is 11. The molecule has 4 aliphatic carbocycles. The fraction of sp³-hybridized carbons (Fsp3) is 0.828. The van der Waals surface area contributed by atoms with Gasteiger partial charge in [-0.1, -0.05) is 20.8 Å². The van der Waals surface area contributed by atoms with Gasteiger partial charge in [0.1, 0.15) is 18.5 Å². The molecule has 0 radical (unpaired) electrons. The van der Waals surface area contributed by atoms with E-state index in [0.717, 1.165) is 19.3 Å². The van der Waals surface area contributed by atoms with Crippen LogP contribution in [0.2, 0.25) is 0 Å². The Kier molecular flexibility index (Phi) is 7.09. The molecule has 4 saturated carbocycles. The monoisotopic (exact) mass is 564 g/mol. The summed E-state index contributed by atoms with van der Waals surface area (Å²) in [6.07, 6.45) is -3.28. The topological polar surface area (TPSA) is 141 Å². The maximum Gasteiger partial charge on any atom is 0.303 e. The second-order valence-corrected chi connectivity index (χ2v) is 12.8. The van der Waals surface area contributed by atoms with E-state index < -0.39 is 54.6 Å². The summed E-state index contributed by atoms with van der Waals surface area (Å²) in [5, 5.41) is 0. The third-order valence-corrected chi connectivity index (χ3v) is 11.1. The molecule has 1 saturated heterocycles. The second kappa shape index (κ2) is 9.79. The molecule has 222 valence electrons. The number of carbonyl (C=O) groups excluding carboxylic acids is 5. The molecule has 12 atom stereocenters. The molecule has 0 aromatic heterocycles. The molecule has 40 heavy (non-hydrogen) atoms. The number of Topliss-reactive ketones (excluding diaryl/α,β-unsaturated/α-hetero) is 1. The van der Waals surface area contributed by atoms with E-state index in [2.05, 4.69) is 20.8 Å². The molecule has 0 amide bonds. The Balaban J connectivity index is 1.51. The van der Waals surface area contributed by atoms with Gasteiger partial charge in [-0.2, -0.15) is 0 Å². The summed E-state index contributed by atoms with van der Waals surface area (Å²) in [7, 11) is 0. The molecular weight excluding hydrogens is 524 g/mol. The second-order valence-electron chi connectivity index (χ2n) is 12.8. The van der Waals surface area contributed by atoms with Crippen molar-refractivity contribution in [1.29, 1.82) is 0 Å². The van der Waals surface area contributed by atoms with Gasteiger partial charge in [-0.25, -0.2) is 0 Å². The minimum absolute atomic E-state index is 0.0134. The number of ether oxygens (including phenoxy) is 6. The SMILES string of the molecule is CC(=O)OC[C@H]1O[C@@H](O[C@@H]2C[C@@H]3C[C@]24[C@H](C)CC(=O)[C@H]2C[C@]3(C)[C@]24C)[C@H](OC(C)=O)[C@@H](OC(C)=O)[C@@H]1OC(C)=O. The van der Waals surface area contributed by atoms with Crippen molar-refractivity contribution in [3.63, 3.8) is 0 Å². The van der Waals surface area contributed by atoms with E-state index in [1.807, 2.05) is 0 Å². The summed E-state index contributed by atoms with van der Waals surface area (Å²) in [4.78, 5) is 61.2. The van der Waals surface area contributed by atoms with Gasteiger partial charge in [-0.3, -0.25) is 24.0 Å². The first-order valence-corrected chi connectivity index (χ1v) is 14.1. The van der Waals surface area contributed by atoms with Crippen LogP contribution in [0.15, 0.2) is 0 Å². The largest absolute Gasteiger partial charge is 0.463 e. The summed E-state index contributed by atoms with van der Waals surface area (Å²) in [6, 6.07) is 0. The maximum atomic E-state index is 13.1. The Morgan fingerprint density at radius 2 is 1.48 bits per heavy atom. The first-order chi connectivity index (χ1) is 18.7. The quantitative estimate of drug-likeness (QED) is 0.333. The lowest BCUT2D eigenvalue weighted by Gasteiger charge is -2.72. The van der Waals surface area contributed by atoms with Crippen molar-refractivity contribution in [2.45, 2.75) is 111 Å². The highest BCUT2D eigenvalue weighted by molar-refractivity contribution is 5.85. The van der Waals surface area contributed by atoms with E-state index in [1.165, 1.54) is 27.7 Å². The zero-order valence-corrected chi connectivity index (χ0v) is 24.2. The fourth-order valence-corrected chi connectivity index (χ4v) is 9.41. The van der Waals surface area contributed by atoms with Crippen molar-refractivity contribution in [3.05, 3.63) is 0 Å². The summed E-state index contributed by atoms with van der Waals surface area (Å²) < 4.78 is 34.9. The van der Waals surface area contributed by atoms with Crippen molar-refractivity contribution in [1.82, 2.24) is 0 Å². The van der Waals surface area contributed by atoms with Gasteiger partial charge < -0.3 is 28.4 Å². The molecular formula is C29H40O11. The van der Waals surface area contributed by atoms with Crippen molar-refractivity contribution >= 4 is 29.7 Å². The molecule has 5 aliphatic rings. The Hall–Kier alpha value is -2.53. The van der Waals surface area contributed by atoms with Crippen LogP contribution in [0, 0.1) is 34.0 Å². The highest BCUT2D eigenvalue weighted by Crippen LogP contribution is 2.86. The number of ketones is 1. The number of rotatable bonds is 7. The van der Waals surface area contributed by atoms with Crippen LogP contribution in [0.3, 0.4) is 0 Å². The van der Waals surface area contributed by atoms with Crippen molar-refractivity contribution in [2.24, 2.45) is 34.0 Å². The van der Waals surface area contributed by atoms with Crippen LogP contribution in [0.1, 0.15) is 74.1 Å². The molecule has 5 rings (SSSR count). The first kappa shape index (κ1) is 29.0. The molecule has 0 aromatic rings. The number of carbonyl (C=O) groups is 5. The predicted octanol–water partition coefficient (Wildman–Crippen LogP) is 2.51. The fourth-order valence-electron chi connectivity index (χ4n) is 9.41. The number of hydrogen-bond donors (Lipinski definition) is 0. The first-order valence-electron chi connectivity index (χ1n) is 14.1. The third-order valence-electron chi connectivity index (χ3n) is 11.1. The summed E-state index contributed by atoms with van der Waals surface area (Å²) in [6.45, 7) is 11.2. The Morgan fingerprint density at radius 1 is 0.875 bits per heavy atom. The van der Waals surface area contributed by atoms with Crippen LogP contribution in [0.25, 0.3) is 0 Å². The van der Waals surface area contributed by atoms with E-state index in [1.54, 1.807) is 0 Å². The average molecular weight is 565 g/mol. The molecule has 1 aliphatic heterocycles. The van der Waals surface area contributed by atoms with Crippen molar-refractivity contribution in [3.8, 4) is 0 Å². The minimum Gasteiger partial charge on any atom is -0.463 e. The van der Waals surface area contributed by atoms with Crippen LogP contribution >= 0.6 is 0 Å². The molecule has 1 spiro atoms. The van der Waals surface area contributed by atoms with Gasteiger partial charge in [0.15, 0.2) is 24.6 Å². The van der Waals surface area contributed by atoms with E-state index in [-0.39, 0.29) is 40.8 Å². The van der Waals surface area contributed by atoms with Gasteiger partial charge in [0.2, 0.25) is 0 Å². The average Bonchev–Trinajstić information content (AvgIpc) is 3.29. The molecule has 0 unspecified atom stereocenters. The van der Waals surface area contributed by atoms with E-state index in [4.69, 9.17) is 28.4 Å². The van der Waals surface area contributed by atoms with Gasteiger partial charge in [0.25, 0.3) is 0 Å². The predicted molar refractivity (Wildman–Crippen MR) is 135 cm³/mol. The molecule has 11 heteroatoms. The van der Waals surface area contributed by atoms with Gasteiger partial charge >= 0.3 is 23.9 Å². The highest BCUT2D eigenvalue weighted by Gasteiger charge is 2.84. The van der Waals surface area contributed by atoms with Gasteiger partial charge in [0.05, 0.1) is 6.10 Å². The van der Waals surface area contributed by atoms with E-state index >= 15 is 0 Å². The zero-order chi connectivity index (χ0) is 29.4. The molecule has 2 bridgehead atoms. The van der Waals surface area contributed by atoms with Gasteiger partial charge in [-0.15, -0.1) is 0 Å². The summed E-state index contributed by atoms with van der Waals surface area (Å²) >= 11 is 0. The number of esters is 4. The molecule has 0 N–H and O–H groups in total. The maximum absolute atomic E-state index is 13.1. The zero-order valence-electron chi connectivity index (χ0n) is 24.2. The number of fused-ring (bicyclic) bond motifs is 2. The lowest BCUT2D eigenvalue weighted by atomic mass is 9.32. The molecule has 0 aromatic carbocycles. The third kappa shape index (κ3) is 4.01. The standard InChI is InChI=1S/C29H40O11/c1-13-8-20(34)19-11-27(6)18-9-22(29(13,10-18)28(19,27)7)40-26-25(38-17(5)33)24(37-16(4)32)23(36-15(3)31)21(39-26)12-35-14(2)30/h13,18-19,21-26H,8-12H2,1-7H3/t13-,18-,19-,21-,22-,23-,24+,25-,26+,27+,28+,29+/m1/s1. The van der Waals surface area contributed by atoms with Crippen LogP contribution < -0.4 is 0 Å².